The van der Waals surface area contributed by atoms with Crippen molar-refractivity contribution < 1.29 is 9.47 Å². The van der Waals surface area contributed by atoms with E-state index >= 15 is 0 Å². The molecule has 5 nitrogen and oxygen atoms in total. The van der Waals surface area contributed by atoms with Gasteiger partial charge in [-0.15, -0.1) is 0 Å². The van der Waals surface area contributed by atoms with Crippen LogP contribution in [0.15, 0.2) is 6.20 Å². The number of nitrogens with one attached hydrogen (secondary N) is 1. The van der Waals surface area contributed by atoms with Gasteiger partial charge in [-0.2, -0.15) is 4.98 Å². The smallest absolute Gasteiger partial charge is 0.237 e. The number of nitrogens with zero attached hydrogens (tertiary/aromatic N) is 2. The third-order valence-electron chi connectivity index (χ3n) is 3.43. The van der Waals surface area contributed by atoms with E-state index in [4.69, 9.17) is 21.1 Å². The topological polar surface area (TPSA) is 56.3 Å². The monoisotopic (exact) mass is 299 g/mol. The summed E-state index contributed by atoms with van der Waals surface area (Å²) in [5, 5.41) is 3.58. The lowest BCUT2D eigenvalue weighted by molar-refractivity contribution is 0.0195. The Kier molecular flexibility index (Phi) is 5.86. The van der Waals surface area contributed by atoms with Gasteiger partial charge in [0.2, 0.25) is 11.8 Å². The van der Waals surface area contributed by atoms with Gasteiger partial charge in [0.15, 0.2) is 0 Å². The van der Waals surface area contributed by atoms with Crippen LogP contribution in [0.5, 0.6) is 5.88 Å². The van der Waals surface area contributed by atoms with E-state index in [9.17, 15) is 0 Å². The second kappa shape index (κ2) is 7.64. The fraction of sp³-hybridized carbons (Fsp3) is 0.714. The Morgan fingerprint density at radius 2 is 2.20 bits per heavy atom. The summed E-state index contributed by atoms with van der Waals surface area (Å²) in [4.78, 5) is 8.48. The van der Waals surface area contributed by atoms with Crippen molar-refractivity contribution in [3.8, 4) is 5.88 Å². The van der Waals surface area contributed by atoms with Gasteiger partial charge in [-0.05, 0) is 25.7 Å². The van der Waals surface area contributed by atoms with Crippen molar-refractivity contribution in [1.82, 2.24) is 9.97 Å². The van der Waals surface area contributed by atoms with Crippen LogP contribution in [0.25, 0.3) is 0 Å². The fourth-order valence-corrected chi connectivity index (χ4v) is 2.47. The predicted molar refractivity (Wildman–Crippen MR) is 79.5 cm³/mol. The van der Waals surface area contributed by atoms with E-state index in [0.29, 0.717) is 16.9 Å². The summed E-state index contributed by atoms with van der Waals surface area (Å²) in [6.07, 6.45) is 7.07. The third-order valence-corrected chi connectivity index (χ3v) is 3.69. The molecule has 0 amide bonds. The second-order valence-corrected chi connectivity index (χ2v) is 5.44. The Hall–Kier alpha value is -1.07. The molecule has 1 saturated carbocycles. The first-order valence-corrected chi connectivity index (χ1v) is 7.56. The van der Waals surface area contributed by atoms with Crippen molar-refractivity contribution in [2.45, 2.75) is 51.2 Å². The van der Waals surface area contributed by atoms with Crippen LogP contribution in [-0.2, 0) is 4.74 Å². The zero-order valence-electron chi connectivity index (χ0n) is 12.1. The minimum Gasteiger partial charge on any atom is -0.473 e. The fourth-order valence-electron chi connectivity index (χ4n) is 2.34. The Morgan fingerprint density at radius 1 is 1.40 bits per heavy atom. The number of aromatic nitrogens is 2. The highest BCUT2D eigenvalue weighted by molar-refractivity contribution is 6.31. The quantitative estimate of drug-likeness (QED) is 0.873. The van der Waals surface area contributed by atoms with E-state index < -0.39 is 0 Å². The molecule has 1 aliphatic carbocycles. The van der Waals surface area contributed by atoms with Gasteiger partial charge in [0, 0.05) is 20.1 Å². The summed E-state index contributed by atoms with van der Waals surface area (Å²) in [7, 11) is 1.75. The standard InChI is InChI=1S/C14H22ClN3O2/c1-3-7-16-14-17-9-12(15)13(18-14)20-11-6-4-5-10(8-11)19-2/h9-11H,3-8H2,1-2H3,(H,16,17,18). The molecule has 2 unspecified atom stereocenters. The van der Waals surface area contributed by atoms with Crippen molar-refractivity contribution >= 4 is 17.5 Å². The number of ether oxygens (including phenoxy) is 2. The molecule has 0 radical (unpaired) electrons. The van der Waals surface area contributed by atoms with Gasteiger partial charge in [-0.3, -0.25) is 0 Å². The van der Waals surface area contributed by atoms with Gasteiger partial charge in [-0.1, -0.05) is 18.5 Å². The lowest BCUT2D eigenvalue weighted by Gasteiger charge is -2.28. The molecule has 2 rings (SSSR count). The Morgan fingerprint density at radius 3 is 2.95 bits per heavy atom. The normalized spacial score (nSPS) is 22.6. The minimum atomic E-state index is 0.111. The van der Waals surface area contributed by atoms with Gasteiger partial charge >= 0.3 is 0 Å². The zero-order valence-corrected chi connectivity index (χ0v) is 12.8. The molecular weight excluding hydrogens is 278 g/mol. The first kappa shape index (κ1) is 15.3. The molecule has 0 aliphatic heterocycles. The summed E-state index contributed by atoms with van der Waals surface area (Å²) in [6, 6.07) is 0. The highest BCUT2D eigenvalue weighted by Gasteiger charge is 2.24. The van der Waals surface area contributed by atoms with E-state index in [1.807, 2.05) is 0 Å². The molecule has 0 spiro atoms. The SMILES string of the molecule is CCCNc1ncc(Cl)c(OC2CCCC(OC)C2)n1. The maximum absolute atomic E-state index is 6.11. The average molecular weight is 300 g/mol. The molecular formula is C14H22ClN3O2. The van der Waals surface area contributed by atoms with Crippen molar-refractivity contribution in [2.24, 2.45) is 0 Å². The molecule has 1 heterocycles. The summed E-state index contributed by atoms with van der Waals surface area (Å²) >= 11 is 6.11. The number of methoxy groups -OCH3 is 1. The van der Waals surface area contributed by atoms with Crippen LogP contribution in [-0.4, -0.2) is 35.8 Å². The maximum atomic E-state index is 6.11. The number of anilines is 1. The average Bonchev–Trinajstić information content (AvgIpc) is 2.48. The van der Waals surface area contributed by atoms with Gasteiger partial charge < -0.3 is 14.8 Å². The number of hydrogen-bond acceptors (Lipinski definition) is 5. The molecule has 20 heavy (non-hydrogen) atoms. The Labute approximate surface area is 125 Å². The molecule has 6 heteroatoms. The van der Waals surface area contributed by atoms with Crippen LogP contribution >= 0.6 is 11.6 Å². The Bertz CT molecular complexity index is 431. The molecule has 1 fully saturated rings. The highest BCUT2D eigenvalue weighted by atomic mass is 35.5. The largest absolute Gasteiger partial charge is 0.473 e. The highest BCUT2D eigenvalue weighted by Crippen LogP contribution is 2.28. The number of rotatable bonds is 6. The van der Waals surface area contributed by atoms with Crippen LogP contribution in [0.4, 0.5) is 5.95 Å². The van der Waals surface area contributed by atoms with E-state index in [1.165, 1.54) is 0 Å². The first-order valence-electron chi connectivity index (χ1n) is 7.18. The first-order chi connectivity index (χ1) is 9.72. The number of halogens is 1. The van der Waals surface area contributed by atoms with Crippen LogP contribution in [0.1, 0.15) is 39.0 Å². The lowest BCUT2D eigenvalue weighted by Crippen LogP contribution is -2.29. The molecule has 112 valence electrons. The van der Waals surface area contributed by atoms with Gasteiger partial charge in [0.25, 0.3) is 0 Å². The number of hydrogen-bond donors (Lipinski definition) is 1. The predicted octanol–water partition coefficient (Wildman–Crippen LogP) is 3.29. The van der Waals surface area contributed by atoms with E-state index in [2.05, 4.69) is 22.2 Å². The summed E-state index contributed by atoms with van der Waals surface area (Å²) in [5.74, 6) is 1.02. The van der Waals surface area contributed by atoms with Crippen molar-refractivity contribution in [1.29, 1.82) is 0 Å². The van der Waals surface area contributed by atoms with Gasteiger partial charge in [0.05, 0.1) is 12.3 Å². The molecule has 0 saturated heterocycles. The van der Waals surface area contributed by atoms with Crippen LogP contribution in [0.3, 0.4) is 0 Å². The van der Waals surface area contributed by atoms with Crippen LogP contribution in [0, 0.1) is 0 Å². The Balaban J connectivity index is 2.00. The second-order valence-electron chi connectivity index (χ2n) is 5.04. The van der Waals surface area contributed by atoms with Crippen LogP contribution < -0.4 is 10.1 Å². The summed E-state index contributed by atoms with van der Waals surface area (Å²) in [5.41, 5.74) is 0. The van der Waals surface area contributed by atoms with Crippen molar-refractivity contribution in [2.75, 3.05) is 19.0 Å². The van der Waals surface area contributed by atoms with Crippen molar-refractivity contribution in [3.05, 3.63) is 11.2 Å². The lowest BCUT2D eigenvalue weighted by atomic mass is 9.95. The zero-order chi connectivity index (χ0) is 14.4. The van der Waals surface area contributed by atoms with Gasteiger partial charge in [-0.25, -0.2) is 4.98 Å². The van der Waals surface area contributed by atoms with Crippen molar-refractivity contribution in [3.63, 3.8) is 0 Å². The molecule has 1 N–H and O–H groups in total. The third kappa shape index (κ3) is 4.21. The molecule has 0 bridgehead atoms. The molecule has 2 atom stereocenters. The van der Waals surface area contributed by atoms with Gasteiger partial charge in [0.1, 0.15) is 11.1 Å². The summed E-state index contributed by atoms with van der Waals surface area (Å²) < 4.78 is 11.3. The molecule has 0 aromatic carbocycles. The minimum absolute atomic E-state index is 0.111. The molecule has 1 aromatic heterocycles. The van der Waals surface area contributed by atoms with E-state index in [-0.39, 0.29) is 12.2 Å². The molecule has 1 aliphatic rings. The summed E-state index contributed by atoms with van der Waals surface area (Å²) in [6.45, 7) is 2.92. The van der Waals surface area contributed by atoms with E-state index in [1.54, 1.807) is 13.3 Å². The maximum Gasteiger partial charge on any atom is 0.237 e. The van der Waals surface area contributed by atoms with E-state index in [0.717, 1.165) is 38.6 Å². The van der Waals surface area contributed by atoms with Crippen LogP contribution in [0.2, 0.25) is 5.02 Å². The molecule has 1 aromatic rings.